The standard InChI is InChI=1S/C16H18N2O4/c1-10-9-12(22-18-10)7-8-17-16(19)15-11(2)20-13-5-3-4-6-14(13)21-15/h3-6,9,11,15H,7-8H2,1-2H3,(H,17,19). The van der Waals surface area contributed by atoms with Crippen molar-refractivity contribution in [3.05, 3.63) is 41.8 Å². The zero-order valence-corrected chi connectivity index (χ0v) is 12.5. The fraction of sp³-hybridized carbons (Fsp3) is 0.375. The highest BCUT2D eigenvalue weighted by Gasteiger charge is 2.33. The van der Waals surface area contributed by atoms with Gasteiger partial charge in [-0.3, -0.25) is 4.79 Å². The van der Waals surface area contributed by atoms with E-state index in [0.717, 1.165) is 11.5 Å². The number of ether oxygens (including phenoxy) is 2. The second-order valence-electron chi connectivity index (χ2n) is 5.28. The summed E-state index contributed by atoms with van der Waals surface area (Å²) in [6.07, 6.45) is -0.417. The molecule has 1 aromatic heterocycles. The molecule has 2 aromatic rings. The van der Waals surface area contributed by atoms with E-state index in [1.54, 1.807) is 6.07 Å². The molecule has 1 amide bonds. The zero-order valence-electron chi connectivity index (χ0n) is 12.5. The van der Waals surface area contributed by atoms with Crippen LogP contribution in [0.1, 0.15) is 18.4 Å². The van der Waals surface area contributed by atoms with Gasteiger partial charge in [-0.05, 0) is 26.0 Å². The predicted octanol–water partition coefficient (Wildman–Crippen LogP) is 1.87. The Morgan fingerprint density at radius 1 is 1.27 bits per heavy atom. The summed E-state index contributed by atoms with van der Waals surface area (Å²) in [5.41, 5.74) is 0.829. The van der Waals surface area contributed by atoms with Gasteiger partial charge in [0, 0.05) is 19.0 Å². The summed E-state index contributed by atoms with van der Waals surface area (Å²) in [6, 6.07) is 9.18. The maximum atomic E-state index is 12.3. The van der Waals surface area contributed by atoms with Crippen LogP contribution in [-0.4, -0.2) is 29.8 Å². The van der Waals surface area contributed by atoms with Crippen LogP contribution in [0.2, 0.25) is 0 Å². The second-order valence-corrected chi connectivity index (χ2v) is 5.28. The molecule has 1 aromatic carbocycles. The van der Waals surface area contributed by atoms with Crippen molar-refractivity contribution >= 4 is 5.91 Å². The first-order valence-electron chi connectivity index (χ1n) is 7.26. The number of hydrogen-bond acceptors (Lipinski definition) is 5. The summed E-state index contributed by atoms with van der Waals surface area (Å²) in [5.74, 6) is 1.80. The van der Waals surface area contributed by atoms with Crippen molar-refractivity contribution in [2.75, 3.05) is 6.54 Å². The average molecular weight is 302 g/mol. The minimum Gasteiger partial charge on any atom is -0.482 e. The topological polar surface area (TPSA) is 73.6 Å². The molecule has 2 heterocycles. The molecule has 6 nitrogen and oxygen atoms in total. The van der Waals surface area contributed by atoms with Crippen LogP contribution in [0, 0.1) is 6.92 Å². The van der Waals surface area contributed by atoms with Crippen LogP contribution in [0.25, 0.3) is 0 Å². The van der Waals surface area contributed by atoms with Crippen molar-refractivity contribution in [3.63, 3.8) is 0 Å². The van der Waals surface area contributed by atoms with Crippen LogP contribution in [0.5, 0.6) is 11.5 Å². The molecule has 0 fully saturated rings. The largest absolute Gasteiger partial charge is 0.482 e. The van der Waals surface area contributed by atoms with Gasteiger partial charge in [0.25, 0.3) is 5.91 Å². The van der Waals surface area contributed by atoms with Gasteiger partial charge >= 0.3 is 0 Å². The van der Waals surface area contributed by atoms with Crippen LogP contribution < -0.4 is 14.8 Å². The fourth-order valence-corrected chi connectivity index (χ4v) is 2.35. The van der Waals surface area contributed by atoms with Gasteiger partial charge < -0.3 is 19.3 Å². The molecular weight excluding hydrogens is 284 g/mol. The number of rotatable bonds is 4. The van der Waals surface area contributed by atoms with E-state index in [1.165, 1.54) is 0 Å². The highest BCUT2D eigenvalue weighted by Crippen LogP contribution is 2.33. The molecule has 1 aliphatic heterocycles. The lowest BCUT2D eigenvalue weighted by molar-refractivity contribution is -0.133. The van der Waals surface area contributed by atoms with Crippen LogP contribution >= 0.6 is 0 Å². The van der Waals surface area contributed by atoms with Crippen LogP contribution in [0.4, 0.5) is 0 Å². The van der Waals surface area contributed by atoms with Crippen LogP contribution in [0.15, 0.2) is 34.9 Å². The third-order valence-corrected chi connectivity index (χ3v) is 3.45. The third-order valence-electron chi connectivity index (χ3n) is 3.45. The Kier molecular flexibility index (Phi) is 4.00. The van der Waals surface area contributed by atoms with E-state index in [9.17, 15) is 4.79 Å². The first kappa shape index (κ1) is 14.4. The SMILES string of the molecule is Cc1cc(CCNC(=O)C2Oc3ccccc3OC2C)on1. The van der Waals surface area contributed by atoms with Gasteiger partial charge in [0.15, 0.2) is 11.5 Å². The van der Waals surface area contributed by atoms with Crippen LogP contribution in [-0.2, 0) is 11.2 Å². The number of benzene rings is 1. The number of carbonyl (C=O) groups excluding carboxylic acids is 1. The van der Waals surface area contributed by atoms with E-state index in [-0.39, 0.29) is 12.0 Å². The number of para-hydroxylation sites is 2. The molecule has 0 aliphatic carbocycles. The Bertz CT molecular complexity index is 668. The summed E-state index contributed by atoms with van der Waals surface area (Å²) in [7, 11) is 0. The monoisotopic (exact) mass is 302 g/mol. The van der Waals surface area contributed by atoms with Gasteiger partial charge in [-0.15, -0.1) is 0 Å². The van der Waals surface area contributed by atoms with Crippen molar-refractivity contribution in [3.8, 4) is 11.5 Å². The number of aromatic nitrogens is 1. The lowest BCUT2D eigenvalue weighted by atomic mass is 10.1. The van der Waals surface area contributed by atoms with Crippen molar-refractivity contribution in [2.45, 2.75) is 32.5 Å². The highest BCUT2D eigenvalue weighted by atomic mass is 16.6. The summed E-state index contributed by atoms with van der Waals surface area (Å²) in [4.78, 5) is 12.3. The minimum atomic E-state index is -0.661. The van der Waals surface area contributed by atoms with Crippen LogP contribution in [0.3, 0.4) is 0 Å². The molecule has 2 atom stereocenters. The zero-order chi connectivity index (χ0) is 15.5. The number of nitrogens with one attached hydrogen (secondary N) is 1. The lowest BCUT2D eigenvalue weighted by Crippen LogP contribution is -2.49. The number of fused-ring (bicyclic) bond motifs is 1. The molecule has 6 heteroatoms. The number of hydrogen-bond donors (Lipinski definition) is 1. The molecular formula is C16H18N2O4. The number of aryl methyl sites for hydroxylation is 1. The Balaban J connectivity index is 1.56. The van der Waals surface area contributed by atoms with E-state index >= 15 is 0 Å². The van der Waals surface area contributed by atoms with Gasteiger partial charge in [-0.2, -0.15) is 0 Å². The summed E-state index contributed by atoms with van der Waals surface area (Å²) in [5, 5.41) is 6.65. The Labute approximate surface area is 128 Å². The van der Waals surface area contributed by atoms with E-state index in [1.807, 2.05) is 38.1 Å². The first-order valence-corrected chi connectivity index (χ1v) is 7.26. The minimum absolute atomic E-state index is 0.196. The molecule has 116 valence electrons. The quantitative estimate of drug-likeness (QED) is 0.933. The van der Waals surface area contributed by atoms with Crippen molar-refractivity contribution in [2.24, 2.45) is 0 Å². The molecule has 0 bridgehead atoms. The second kappa shape index (κ2) is 6.09. The molecule has 1 aliphatic rings. The normalized spacial score (nSPS) is 19.7. The number of amides is 1. The summed E-state index contributed by atoms with van der Waals surface area (Å²) >= 11 is 0. The maximum absolute atomic E-state index is 12.3. The van der Waals surface area contributed by atoms with E-state index in [4.69, 9.17) is 14.0 Å². The Morgan fingerprint density at radius 2 is 2.00 bits per heavy atom. The van der Waals surface area contributed by atoms with Gasteiger partial charge in [0.1, 0.15) is 11.9 Å². The van der Waals surface area contributed by atoms with Gasteiger partial charge in [-0.25, -0.2) is 0 Å². The first-order chi connectivity index (χ1) is 10.6. The molecule has 1 N–H and O–H groups in total. The van der Waals surface area contributed by atoms with Crippen molar-refractivity contribution in [1.82, 2.24) is 10.5 Å². The van der Waals surface area contributed by atoms with Gasteiger partial charge in [0.2, 0.25) is 6.10 Å². The van der Waals surface area contributed by atoms with E-state index < -0.39 is 6.10 Å². The number of carbonyl (C=O) groups is 1. The van der Waals surface area contributed by atoms with E-state index in [2.05, 4.69) is 10.5 Å². The molecule has 22 heavy (non-hydrogen) atoms. The number of nitrogens with zero attached hydrogens (tertiary/aromatic N) is 1. The van der Waals surface area contributed by atoms with Gasteiger partial charge in [0.05, 0.1) is 5.69 Å². The summed E-state index contributed by atoms with van der Waals surface area (Å²) in [6.45, 7) is 4.14. The molecule has 2 unspecified atom stereocenters. The smallest absolute Gasteiger partial charge is 0.265 e. The van der Waals surface area contributed by atoms with Crippen molar-refractivity contribution < 1.29 is 18.8 Å². The molecule has 0 radical (unpaired) electrons. The fourth-order valence-electron chi connectivity index (χ4n) is 2.35. The third kappa shape index (κ3) is 3.05. The molecule has 0 spiro atoms. The highest BCUT2D eigenvalue weighted by molar-refractivity contribution is 5.82. The summed E-state index contributed by atoms with van der Waals surface area (Å²) < 4.78 is 16.6. The molecule has 3 rings (SSSR count). The van der Waals surface area contributed by atoms with Crippen molar-refractivity contribution in [1.29, 1.82) is 0 Å². The molecule has 0 saturated heterocycles. The maximum Gasteiger partial charge on any atom is 0.265 e. The average Bonchev–Trinajstić information content (AvgIpc) is 2.92. The van der Waals surface area contributed by atoms with Gasteiger partial charge in [-0.1, -0.05) is 17.3 Å². The van der Waals surface area contributed by atoms with E-state index in [0.29, 0.717) is 24.5 Å². The predicted molar refractivity (Wildman–Crippen MR) is 78.9 cm³/mol. The molecule has 0 saturated carbocycles. The Morgan fingerprint density at radius 3 is 2.68 bits per heavy atom. The Hall–Kier alpha value is -2.50. The lowest BCUT2D eigenvalue weighted by Gasteiger charge is -2.30.